The molecule has 5 heterocycles. The van der Waals surface area contributed by atoms with Crippen molar-refractivity contribution in [1.82, 2.24) is 24.8 Å². The first-order valence-corrected chi connectivity index (χ1v) is 14.1. The Morgan fingerprint density at radius 1 is 1.11 bits per heavy atom. The second-order valence-electron chi connectivity index (χ2n) is 10.8. The molecule has 0 unspecified atom stereocenters. The molecule has 9 nitrogen and oxygen atoms in total. The number of rotatable bonds is 6. The first kappa shape index (κ1) is 25.2. The van der Waals surface area contributed by atoms with Crippen molar-refractivity contribution >= 4 is 44.2 Å². The molecular formula is C28H35N7O2S. The Morgan fingerprint density at radius 2 is 1.87 bits per heavy atom. The Balaban J connectivity index is 1.32. The number of anilines is 1. The number of nitrogens with zero attached hydrogens (tertiary/aromatic N) is 5. The van der Waals surface area contributed by atoms with Crippen molar-refractivity contribution in [3.63, 3.8) is 0 Å². The van der Waals surface area contributed by atoms with E-state index in [0.717, 1.165) is 89.8 Å². The predicted octanol–water partition coefficient (Wildman–Crippen LogP) is 3.37. The number of hydrogen-bond donors (Lipinski definition) is 2. The second kappa shape index (κ2) is 9.92. The van der Waals surface area contributed by atoms with E-state index in [0.29, 0.717) is 13.2 Å². The van der Waals surface area contributed by atoms with Gasteiger partial charge in [-0.25, -0.2) is 9.97 Å². The number of primary amides is 1. The maximum Gasteiger partial charge on any atom is 0.237 e. The maximum absolute atomic E-state index is 11.9. The lowest BCUT2D eigenvalue weighted by atomic mass is 10.0. The lowest BCUT2D eigenvalue weighted by molar-refractivity contribution is -0.129. The Labute approximate surface area is 226 Å². The van der Waals surface area contributed by atoms with Crippen molar-refractivity contribution in [2.75, 3.05) is 57.4 Å². The van der Waals surface area contributed by atoms with Crippen LogP contribution in [0.2, 0.25) is 0 Å². The van der Waals surface area contributed by atoms with E-state index in [1.807, 2.05) is 13.8 Å². The van der Waals surface area contributed by atoms with Crippen LogP contribution in [0, 0.1) is 6.92 Å². The lowest BCUT2D eigenvalue weighted by Crippen LogP contribution is -2.59. The molecule has 1 aromatic carbocycles. The number of thiophene rings is 1. The molecule has 0 bridgehead atoms. The molecule has 1 amide bonds. The summed E-state index contributed by atoms with van der Waals surface area (Å²) in [5, 5.41) is 1.14. The number of hydrogen-bond acceptors (Lipinski definition) is 8. The van der Waals surface area contributed by atoms with Gasteiger partial charge in [-0.1, -0.05) is 12.1 Å². The van der Waals surface area contributed by atoms with E-state index in [9.17, 15) is 4.79 Å². The Morgan fingerprint density at radius 3 is 2.61 bits per heavy atom. The molecule has 3 aromatic heterocycles. The number of ether oxygens (including phenoxy) is 1. The molecule has 200 valence electrons. The summed E-state index contributed by atoms with van der Waals surface area (Å²) >= 11 is 1.79. The molecule has 3 N–H and O–H groups in total. The number of piperazine rings is 1. The Bertz CT molecular complexity index is 1480. The van der Waals surface area contributed by atoms with Crippen molar-refractivity contribution in [1.29, 1.82) is 0 Å². The van der Waals surface area contributed by atoms with Gasteiger partial charge in [0.2, 0.25) is 5.91 Å². The number of carbonyl (C=O) groups is 1. The summed E-state index contributed by atoms with van der Waals surface area (Å²) in [7, 11) is 0. The maximum atomic E-state index is 11.9. The fraction of sp³-hybridized carbons (Fsp3) is 0.464. The number of aryl methyl sites for hydroxylation is 1. The number of amides is 1. The van der Waals surface area contributed by atoms with E-state index in [4.69, 9.17) is 20.4 Å². The quantitative estimate of drug-likeness (QED) is 0.392. The first-order chi connectivity index (χ1) is 18.3. The van der Waals surface area contributed by atoms with E-state index >= 15 is 0 Å². The summed E-state index contributed by atoms with van der Waals surface area (Å²) in [6.45, 7) is 13.3. The van der Waals surface area contributed by atoms with Crippen LogP contribution in [-0.4, -0.2) is 88.7 Å². The highest BCUT2D eigenvalue weighted by molar-refractivity contribution is 7.19. The standard InChI is InChI=1S/C28H35N7O2S/c1-18-15-21-20(5-4-6-22(21)30-18)25-31-23-16-19(38-24(23)26(32-25)34-11-13-37-14-12-34)17-33-7-9-35(10-8-33)28(2,3)27(29)36/h4-6,15-16,30H,7-14,17H2,1-3H3,(H2,29,36). The third-order valence-corrected chi connectivity index (χ3v) is 9.01. The zero-order chi connectivity index (χ0) is 26.4. The number of nitrogens with two attached hydrogens (primary N) is 1. The molecule has 0 spiro atoms. The van der Waals surface area contributed by atoms with Gasteiger partial charge >= 0.3 is 0 Å². The number of fused-ring (bicyclic) bond motifs is 2. The summed E-state index contributed by atoms with van der Waals surface area (Å²) in [5.74, 6) is 1.49. The average Bonchev–Trinajstić information content (AvgIpc) is 3.50. The summed E-state index contributed by atoms with van der Waals surface area (Å²) in [4.78, 5) is 33.8. The average molecular weight is 534 g/mol. The minimum atomic E-state index is -0.621. The molecule has 0 saturated carbocycles. The first-order valence-electron chi connectivity index (χ1n) is 13.3. The highest BCUT2D eigenvalue weighted by Crippen LogP contribution is 2.36. The van der Waals surface area contributed by atoms with Crippen LogP contribution in [-0.2, 0) is 16.1 Å². The molecule has 2 aliphatic heterocycles. The molecule has 4 aromatic rings. The van der Waals surface area contributed by atoms with Gasteiger partial charge in [0.05, 0.1) is 29.0 Å². The van der Waals surface area contributed by atoms with Crippen LogP contribution in [0.25, 0.3) is 32.5 Å². The molecule has 0 atom stereocenters. The topological polar surface area (TPSA) is 104 Å². The third kappa shape index (κ3) is 4.66. The van der Waals surface area contributed by atoms with Crippen molar-refractivity contribution < 1.29 is 9.53 Å². The van der Waals surface area contributed by atoms with Gasteiger partial charge in [0.15, 0.2) is 11.6 Å². The molecule has 2 saturated heterocycles. The van der Waals surface area contributed by atoms with Crippen molar-refractivity contribution in [2.45, 2.75) is 32.9 Å². The van der Waals surface area contributed by atoms with Crippen LogP contribution in [0.3, 0.4) is 0 Å². The summed E-state index contributed by atoms with van der Waals surface area (Å²) in [6, 6.07) is 10.7. The number of carbonyl (C=O) groups excluding carboxylic acids is 1. The highest BCUT2D eigenvalue weighted by atomic mass is 32.1. The second-order valence-corrected chi connectivity index (χ2v) is 11.9. The van der Waals surface area contributed by atoms with Gasteiger partial charge in [0, 0.05) is 72.9 Å². The van der Waals surface area contributed by atoms with Gasteiger partial charge in [-0.2, -0.15) is 0 Å². The zero-order valence-corrected chi connectivity index (χ0v) is 23.1. The minimum absolute atomic E-state index is 0.272. The van der Waals surface area contributed by atoms with E-state index in [2.05, 4.69) is 56.9 Å². The lowest BCUT2D eigenvalue weighted by Gasteiger charge is -2.42. The van der Waals surface area contributed by atoms with E-state index < -0.39 is 5.54 Å². The van der Waals surface area contributed by atoms with Gasteiger partial charge in [-0.3, -0.25) is 14.6 Å². The number of aromatic nitrogens is 3. The molecule has 10 heteroatoms. The summed E-state index contributed by atoms with van der Waals surface area (Å²) in [5.41, 5.74) is 9.29. The molecule has 38 heavy (non-hydrogen) atoms. The van der Waals surface area contributed by atoms with Gasteiger partial charge in [0.25, 0.3) is 0 Å². The van der Waals surface area contributed by atoms with Gasteiger partial charge in [-0.05, 0) is 39.0 Å². The van der Waals surface area contributed by atoms with Crippen molar-refractivity contribution in [3.8, 4) is 11.4 Å². The number of H-pyrrole nitrogens is 1. The summed E-state index contributed by atoms with van der Waals surface area (Å²) in [6.07, 6.45) is 0. The van der Waals surface area contributed by atoms with Crippen LogP contribution in [0.4, 0.5) is 5.82 Å². The normalized spacial score (nSPS) is 18.0. The highest BCUT2D eigenvalue weighted by Gasteiger charge is 2.34. The van der Waals surface area contributed by atoms with Crippen LogP contribution < -0.4 is 10.6 Å². The van der Waals surface area contributed by atoms with Gasteiger partial charge in [0.1, 0.15) is 0 Å². The minimum Gasteiger partial charge on any atom is -0.378 e. The summed E-state index contributed by atoms with van der Waals surface area (Å²) < 4.78 is 6.77. The van der Waals surface area contributed by atoms with Gasteiger partial charge in [-0.15, -0.1) is 11.3 Å². The monoisotopic (exact) mass is 533 g/mol. The predicted molar refractivity (Wildman–Crippen MR) is 153 cm³/mol. The van der Waals surface area contributed by atoms with Crippen LogP contribution in [0.1, 0.15) is 24.4 Å². The molecule has 6 rings (SSSR count). The smallest absolute Gasteiger partial charge is 0.237 e. The number of benzene rings is 1. The number of morpholine rings is 1. The molecule has 2 fully saturated rings. The Kier molecular flexibility index (Phi) is 6.59. The number of aromatic amines is 1. The SMILES string of the molecule is Cc1cc2c(-c3nc(N4CCOCC4)c4sc(CN5CCN(C(C)(C)C(N)=O)CC5)cc4n3)cccc2[nH]1. The van der Waals surface area contributed by atoms with Crippen molar-refractivity contribution in [2.24, 2.45) is 5.73 Å². The molecule has 2 aliphatic rings. The van der Waals surface area contributed by atoms with Crippen LogP contribution >= 0.6 is 11.3 Å². The number of nitrogens with one attached hydrogen (secondary N) is 1. The van der Waals surface area contributed by atoms with E-state index in [-0.39, 0.29) is 5.91 Å². The molecule has 0 radical (unpaired) electrons. The van der Waals surface area contributed by atoms with Crippen LogP contribution in [0.5, 0.6) is 0 Å². The van der Waals surface area contributed by atoms with E-state index in [1.165, 1.54) is 4.88 Å². The van der Waals surface area contributed by atoms with Crippen LogP contribution in [0.15, 0.2) is 30.3 Å². The zero-order valence-electron chi connectivity index (χ0n) is 22.3. The third-order valence-electron chi connectivity index (χ3n) is 7.90. The fourth-order valence-corrected chi connectivity index (χ4v) is 6.64. The molecule has 0 aliphatic carbocycles. The van der Waals surface area contributed by atoms with E-state index in [1.54, 1.807) is 11.3 Å². The fourth-order valence-electron chi connectivity index (χ4n) is 5.48. The largest absolute Gasteiger partial charge is 0.378 e. The van der Waals surface area contributed by atoms with Crippen molar-refractivity contribution in [3.05, 3.63) is 40.9 Å². The van der Waals surface area contributed by atoms with Gasteiger partial charge < -0.3 is 20.4 Å². The Hall–Kier alpha value is -3.05. The molecular weight excluding hydrogens is 498 g/mol.